The first-order valence-electron chi connectivity index (χ1n) is 7.54. The standard InChI is InChI=1S/C15H26N2O3/c1-10(18)17-12-6-5-7-13(17)9-11(8-12)16-14(19)20-15(2,3)4/h11-13H,5-9H2,1-4H3,(H,16,19). The van der Waals surface area contributed by atoms with E-state index in [1.54, 1.807) is 6.92 Å². The smallest absolute Gasteiger partial charge is 0.407 e. The molecule has 2 atom stereocenters. The van der Waals surface area contributed by atoms with Crippen LogP contribution in [0.1, 0.15) is 59.8 Å². The van der Waals surface area contributed by atoms with Gasteiger partial charge in [-0.05, 0) is 52.9 Å². The maximum Gasteiger partial charge on any atom is 0.407 e. The third-order valence-corrected chi connectivity index (χ3v) is 4.06. The van der Waals surface area contributed by atoms with Gasteiger partial charge in [-0.3, -0.25) is 4.79 Å². The molecule has 0 saturated carbocycles. The Morgan fingerprint density at radius 1 is 1.15 bits per heavy atom. The average Bonchev–Trinajstić information content (AvgIpc) is 2.24. The molecule has 0 spiro atoms. The van der Waals surface area contributed by atoms with Crippen molar-refractivity contribution in [1.82, 2.24) is 10.2 Å². The number of alkyl carbamates (subject to hydrolysis) is 1. The van der Waals surface area contributed by atoms with E-state index in [9.17, 15) is 9.59 Å². The zero-order valence-electron chi connectivity index (χ0n) is 12.9. The molecular weight excluding hydrogens is 256 g/mol. The Morgan fingerprint density at radius 2 is 1.70 bits per heavy atom. The third kappa shape index (κ3) is 3.64. The molecule has 0 aromatic carbocycles. The number of rotatable bonds is 1. The molecule has 2 aliphatic heterocycles. The van der Waals surface area contributed by atoms with Crippen molar-refractivity contribution in [3.63, 3.8) is 0 Å². The van der Waals surface area contributed by atoms with Crippen molar-refractivity contribution >= 4 is 12.0 Å². The Balaban J connectivity index is 1.94. The van der Waals surface area contributed by atoms with Crippen molar-refractivity contribution in [3.05, 3.63) is 0 Å². The van der Waals surface area contributed by atoms with Crippen LogP contribution in [0.15, 0.2) is 0 Å². The molecule has 2 unspecified atom stereocenters. The van der Waals surface area contributed by atoms with Gasteiger partial charge in [-0.15, -0.1) is 0 Å². The van der Waals surface area contributed by atoms with Crippen molar-refractivity contribution in [2.75, 3.05) is 0 Å². The number of nitrogens with one attached hydrogen (secondary N) is 1. The molecule has 2 saturated heterocycles. The van der Waals surface area contributed by atoms with Crippen LogP contribution in [0, 0.1) is 0 Å². The number of piperidine rings is 2. The minimum atomic E-state index is -0.472. The number of nitrogens with zero attached hydrogens (tertiary/aromatic N) is 1. The third-order valence-electron chi connectivity index (χ3n) is 4.06. The number of hydrogen-bond donors (Lipinski definition) is 1. The van der Waals surface area contributed by atoms with Crippen molar-refractivity contribution in [1.29, 1.82) is 0 Å². The molecule has 1 N–H and O–H groups in total. The van der Waals surface area contributed by atoms with Crippen molar-refractivity contribution in [3.8, 4) is 0 Å². The van der Waals surface area contributed by atoms with Gasteiger partial charge in [0.25, 0.3) is 0 Å². The molecule has 0 aliphatic carbocycles. The molecule has 0 radical (unpaired) electrons. The first-order chi connectivity index (χ1) is 9.26. The number of fused-ring (bicyclic) bond motifs is 2. The zero-order chi connectivity index (χ0) is 14.9. The first-order valence-corrected chi connectivity index (χ1v) is 7.54. The SMILES string of the molecule is CC(=O)N1C2CCCC1CC(NC(=O)OC(C)(C)C)C2. The van der Waals surface area contributed by atoms with E-state index in [0.717, 1.165) is 25.7 Å². The Bertz CT molecular complexity index is 375. The molecule has 2 rings (SSSR count). The Labute approximate surface area is 121 Å². The molecule has 0 aromatic rings. The van der Waals surface area contributed by atoms with Crippen LogP contribution < -0.4 is 5.32 Å². The van der Waals surface area contributed by atoms with Gasteiger partial charge < -0.3 is 15.0 Å². The largest absolute Gasteiger partial charge is 0.444 e. The van der Waals surface area contributed by atoms with Gasteiger partial charge >= 0.3 is 6.09 Å². The molecule has 114 valence electrons. The summed E-state index contributed by atoms with van der Waals surface area (Å²) in [4.78, 5) is 25.6. The van der Waals surface area contributed by atoms with Crippen molar-refractivity contribution in [2.24, 2.45) is 0 Å². The lowest BCUT2D eigenvalue weighted by Crippen LogP contribution is -2.58. The fourth-order valence-corrected chi connectivity index (χ4v) is 3.49. The number of carbonyl (C=O) groups is 2. The van der Waals surface area contributed by atoms with E-state index in [1.165, 1.54) is 6.42 Å². The van der Waals surface area contributed by atoms with Crippen molar-refractivity contribution in [2.45, 2.75) is 83.5 Å². The summed E-state index contributed by atoms with van der Waals surface area (Å²) in [5, 5.41) is 2.96. The highest BCUT2D eigenvalue weighted by Gasteiger charge is 2.40. The summed E-state index contributed by atoms with van der Waals surface area (Å²) in [6, 6.07) is 0.677. The number of ether oxygens (including phenoxy) is 1. The summed E-state index contributed by atoms with van der Waals surface area (Å²) in [6.45, 7) is 7.23. The van der Waals surface area contributed by atoms with Crippen molar-refractivity contribution < 1.29 is 14.3 Å². The van der Waals surface area contributed by atoms with E-state index in [0.29, 0.717) is 0 Å². The molecule has 5 heteroatoms. The average molecular weight is 282 g/mol. The Hall–Kier alpha value is -1.26. The minimum Gasteiger partial charge on any atom is -0.444 e. The van der Waals surface area contributed by atoms with Gasteiger partial charge in [0.15, 0.2) is 0 Å². The van der Waals surface area contributed by atoms with Gasteiger partial charge in [0.2, 0.25) is 5.91 Å². The van der Waals surface area contributed by atoms with Gasteiger partial charge in [-0.2, -0.15) is 0 Å². The van der Waals surface area contributed by atoms with Gasteiger partial charge in [0, 0.05) is 25.0 Å². The molecule has 0 aromatic heterocycles. The minimum absolute atomic E-state index is 0.121. The second-order valence-corrected chi connectivity index (χ2v) is 6.98. The fourth-order valence-electron chi connectivity index (χ4n) is 3.49. The van der Waals surface area contributed by atoms with Crippen LogP contribution in [-0.4, -0.2) is 40.6 Å². The van der Waals surface area contributed by atoms with Crippen LogP contribution in [0.3, 0.4) is 0 Å². The molecular formula is C15H26N2O3. The molecule has 5 nitrogen and oxygen atoms in total. The lowest BCUT2D eigenvalue weighted by atomic mass is 9.82. The van der Waals surface area contributed by atoms with Gasteiger partial charge in [-0.1, -0.05) is 0 Å². The van der Waals surface area contributed by atoms with E-state index < -0.39 is 5.60 Å². The van der Waals surface area contributed by atoms with E-state index in [-0.39, 0.29) is 30.1 Å². The van der Waals surface area contributed by atoms with Gasteiger partial charge in [0.05, 0.1) is 0 Å². The number of carbonyl (C=O) groups excluding carboxylic acids is 2. The van der Waals surface area contributed by atoms with E-state index >= 15 is 0 Å². The van der Waals surface area contributed by atoms with E-state index in [1.807, 2.05) is 25.7 Å². The molecule has 2 aliphatic rings. The maximum atomic E-state index is 11.8. The molecule has 2 amide bonds. The summed E-state index contributed by atoms with van der Waals surface area (Å²) in [5.74, 6) is 0.162. The topological polar surface area (TPSA) is 58.6 Å². The highest BCUT2D eigenvalue weighted by molar-refractivity contribution is 5.74. The molecule has 2 bridgehead atoms. The quantitative estimate of drug-likeness (QED) is 0.803. The molecule has 2 fully saturated rings. The van der Waals surface area contributed by atoms with Gasteiger partial charge in [-0.25, -0.2) is 4.79 Å². The summed E-state index contributed by atoms with van der Waals surface area (Å²) in [6.07, 6.45) is 4.60. The Morgan fingerprint density at radius 3 is 2.15 bits per heavy atom. The number of amides is 2. The van der Waals surface area contributed by atoms with E-state index in [2.05, 4.69) is 5.32 Å². The van der Waals surface area contributed by atoms with Crippen LogP contribution in [0.2, 0.25) is 0 Å². The highest BCUT2D eigenvalue weighted by atomic mass is 16.6. The summed E-state index contributed by atoms with van der Waals surface area (Å²) in [7, 11) is 0. The second kappa shape index (κ2) is 5.62. The van der Waals surface area contributed by atoms with Crippen LogP contribution in [0.5, 0.6) is 0 Å². The molecule has 20 heavy (non-hydrogen) atoms. The van der Waals surface area contributed by atoms with E-state index in [4.69, 9.17) is 4.74 Å². The van der Waals surface area contributed by atoms with Crippen LogP contribution in [0.4, 0.5) is 4.79 Å². The highest BCUT2D eigenvalue weighted by Crippen LogP contribution is 2.34. The monoisotopic (exact) mass is 282 g/mol. The Kier molecular flexibility index (Phi) is 4.25. The summed E-state index contributed by atoms with van der Waals surface area (Å²) < 4.78 is 5.31. The summed E-state index contributed by atoms with van der Waals surface area (Å²) in [5.41, 5.74) is -0.472. The molecule has 2 heterocycles. The normalized spacial score (nSPS) is 29.8. The first kappa shape index (κ1) is 15.1. The zero-order valence-corrected chi connectivity index (χ0v) is 12.9. The predicted octanol–water partition coefficient (Wildman–Crippen LogP) is 2.44. The second-order valence-electron chi connectivity index (χ2n) is 6.98. The van der Waals surface area contributed by atoms with Crippen LogP contribution in [0.25, 0.3) is 0 Å². The number of hydrogen-bond acceptors (Lipinski definition) is 3. The van der Waals surface area contributed by atoms with Crippen LogP contribution >= 0.6 is 0 Å². The lowest BCUT2D eigenvalue weighted by molar-refractivity contribution is -0.138. The predicted molar refractivity (Wildman–Crippen MR) is 76.3 cm³/mol. The van der Waals surface area contributed by atoms with Crippen LogP contribution in [-0.2, 0) is 9.53 Å². The fraction of sp³-hybridized carbons (Fsp3) is 0.867. The summed E-state index contributed by atoms with van der Waals surface area (Å²) >= 11 is 0. The lowest BCUT2D eigenvalue weighted by Gasteiger charge is -2.48. The van der Waals surface area contributed by atoms with Gasteiger partial charge in [0.1, 0.15) is 5.60 Å². The maximum absolute atomic E-state index is 11.8.